The molecule has 4 aliphatic carbocycles. The molecule has 4 unspecified atom stereocenters. The van der Waals surface area contributed by atoms with Crippen LogP contribution in [0.5, 0.6) is 11.5 Å². The summed E-state index contributed by atoms with van der Waals surface area (Å²) in [7, 11) is -10.6. The Morgan fingerprint density at radius 1 is 0.600 bits per heavy atom. The van der Waals surface area contributed by atoms with Crippen molar-refractivity contribution < 1.29 is 113 Å². The first-order chi connectivity index (χ1) is 12.1. The fraction of sp³-hybridized carbons (Fsp3) is 0.375. The van der Waals surface area contributed by atoms with Crippen LogP contribution in [0.2, 0.25) is 0 Å². The summed E-state index contributed by atoms with van der Waals surface area (Å²) in [5.74, 6) is -0.822. The van der Waals surface area contributed by atoms with E-state index in [1.165, 1.54) is 0 Å². The Balaban J connectivity index is 0.00000112. The Morgan fingerprint density at radius 2 is 0.833 bits per heavy atom. The zero-order chi connectivity index (χ0) is 18.4. The summed E-state index contributed by atoms with van der Waals surface area (Å²) < 4.78 is 32.5. The van der Waals surface area contributed by atoms with Crippen LogP contribution in [0.3, 0.4) is 0 Å². The van der Waals surface area contributed by atoms with Crippen molar-refractivity contribution in [1.82, 2.24) is 0 Å². The van der Waals surface area contributed by atoms with Crippen LogP contribution in [0.25, 0.3) is 0 Å². The van der Waals surface area contributed by atoms with Crippen LogP contribution in [-0.4, -0.2) is 0 Å². The molecule has 0 saturated heterocycles. The molecular weight excluding hydrogens is 410 g/mol. The topological polar surface area (TPSA) is 145 Å². The first-order valence-electron chi connectivity index (χ1n) is 8.16. The Bertz CT molecular complexity index is 873. The molecule has 0 heterocycles. The molecule has 138 valence electrons. The van der Waals surface area contributed by atoms with Crippen LogP contribution in [-0.2, 0) is 9.13 Å². The normalized spacial score (nSPS) is 26.0. The zero-order valence-electron chi connectivity index (χ0n) is 17.2. The average Bonchev–Trinajstić information content (AvgIpc) is 3.25. The summed E-state index contributed by atoms with van der Waals surface area (Å²) in [6.45, 7) is 0. The molecular formula is C16H12Li4O8P2. The molecule has 30 heavy (non-hydrogen) atoms. The van der Waals surface area contributed by atoms with E-state index >= 15 is 0 Å². The number of phosphoric acid groups is 2. The second-order valence-electron chi connectivity index (χ2n) is 7.06. The number of benzene rings is 1. The molecule has 1 aromatic rings. The van der Waals surface area contributed by atoms with Crippen LogP contribution in [0, 0.1) is 0 Å². The molecule has 5 rings (SSSR count). The van der Waals surface area contributed by atoms with E-state index in [0.717, 1.165) is 0 Å². The van der Waals surface area contributed by atoms with Crippen LogP contribution in [0.1, 0.15) is 58.8 Å². The molecule has 4 aliphatic rings. The van der Waals surface area contributed by atoms with Gasteiger partial charge in [0.1, 0.15) is 27.1 Å². The summed E-state index contributed by atoms with van der Waals surface area (Å²) >= 11 is 0. The van der Waals surface area contributed by atoms with E-state index in [1.807, 2.05) is 24.3 Å². The minimum absolute atomic E-state index is 0. The molecule has 0 aliphatic heterocycles. The molecule has 0 fully saturated rings. The molecule has 1 aromatic carbocycles. The third kappa shape index (κ3) is 4.77. The summed E-state index contributed by atoms with van der Waals surface area (Å²) in [6.07, 6.45) is 8.66. The predicted octanol–water partition coefficient (Wildman–Crippen LogP) is -11.6. The number of hydrogen-bond donors (Lipinski definition) is 0. The number of fused-ring (bicyclic) bond motifs is 10. The van der Waals surface area contributed by atoms with Crippen LogP contribution in [0.4, 0.5) is 0 Å². The van der Waals surface area contributed by atoms with Gasteiger partial charge in [0.25, 0.3) is 0 Å². The predicted molar refractivity (Wildman–Crippen MR) is 81.4 cm³/mol. The van der Waals surface area contributed by atoms with Crippen molar-refractivity contribution in [2.24, 2.45) is 0 Å². The van der Waals surface area contributed by atoms with E-state index in [-0.39, 0.29) is 111 Å². The minimum atomic E-state index is -5.32. The van der Waals surface area contributed by atoms with E-state index in [9.17, 15) is 28.7 Å². The van der Waals surface area contributed by atoms with Gasteiger partial charge in [-0.2, -0.15) is 0 Å². The fourth-order valence-corrected chi connectivity index (χ4v) is 5.77. The zero-order valence-corrected chi connectivity index (χ0v) is 19.0. The fourth-order valence-electron chi connectivity index (χ4n) is 4.93. The third-order valence-corrected chi connectivity index (χ3v) is 6.43. The summed E-state index contributed by atoms with van der Waals surface area (Å²) in [5, 5.41) is 0. The Hall–Kier alpha value is 0.990. The Labute approximate surface area is 221 Å². The van der Waals surface area contributed by atoms with Gasteiger partial charge in [-0.05, 0) is 12.8 Å². The van der Waals surface area contributed by atoms with Crippen LogP contribution in [0.15, 0.2) is 24.3 Å². The van der Waals surface area contributed by atoms with Crippen molar-refractivity contribution >= 4 is 15.6 Å². The average molecular weight is 422 g/mol. The number of allylic oxidation sites excluding steroid dienone is 4. The van der Waals surface area contributed by atoms with Gasteiger partial charge >= 0.3 is 75.4 Å². The summed E-state index contributed by atoms with van der Waals surface area (Å²) in [4.78, 5) is 45.5. The van der Waals surface area contributed by atoms with Crippen molar-refractivity contribution in [3.63, 3.8) is 0 Å². The molecule has 0 spiro atoms. The number of hydrogen-bond acceptors (Lipinski definition) is 8. The molecule has 4 atom stereocenters. The minimum Gasteiger partial charge on any atom is -0.780 e. The number of phosphoric ester groups is 2. The van der Waals surface area contributed by atoms with E-state index in [2.05, 4.69) is 0 Å². The van der Waals surface area contributed by atoms with Gasteiger partial charge in [-0.1, -0.05) is 24.3 Å². The van der Waals surface area contributed by atoms with Gasteiger partial charge in [-0.15, -0.1) is 0 Å². The maximum atomic E-state index is 11.4. The Morgan fingerprint density at radius 3 is 1.03 bits per heavy atom. The molecule has 14 heteroatoms. The van der Waals surface area contributed by atoms with Crippen LogP contribution < -0.4 is 104 Å². The van der Waals surface area contributed by atoms with Gasteiger partial charge in [-0.25, -0.2) is 0 Å². The molecule has 4 bridgehead atoms. The third-order valence-electron chi connectivity index (χ3n) is 5.62. The standard InChI is InChI=1S/C16H16O8P2.4Li/c17-25(18,19)23-15-11-7-1-2-8(5-7)12(11)16(24-26(20,21)22)14-10-4-3-9(6-10)13(14)15;;;;/h1-4,7-10H,5-6H2,(H2,17,18,19)(H2,20,21,22);;;;/q;4*+1/p-4. The Kier molecular flexibility index (Phi) is 9.38. The molecule has 0 N–H and O–H groups in total. The smallest absolute Gasteiger partial charge is 0.780 e. The maximum absolute atomic E-state index is 11.4. The summed E-state index contributed by atoms with van der Waals surface area (Å²) in [6, 6.07) is 0. The van der Waals surface area contributed by atoms with E-state index in [4.69, 9.17) is 9.05 Å². The van der Waals surface area contributed by atoms with Crippen molar-refractivity contribution in [2.75, 3.05) is 0 Å². The van der Waals surface area contributed by atoms with Crippen molar-refractivity contribution in [1.29, 1.82) is 0 Å². The van der Waals surface area contributed by atoms with Gasteiger partial charge in [0.2, 0.25) is 0 Å². The van der Waals surface area contributed by atoms with E-state index in [1.54, 1.807) is 0 Å². The van der Waals surface area contributed by atoms with Crippen molar-refractivity contribution in [3.05, 3.63) is 46.6 Å². The SMILES string of the molecule is O=P([O-])([O-])Oc1c2c(c(OP(=O)([O-])[O-])c3c1C1C=CC3C1)C1C=CC2C1.[Li+].[Li+].[Li+].[Li+]. The number of rotatable bonds is 4. The molecule has 8 nitrogen and oxygen atoms in total. The van der Waals surface area contributed by atoms with Gasteiger partial charge in [0, 0.05) is 45.9 Å². The van der Waals surface area contributed by atoms with Crippen LogP contribution >= 0.6 is 15.6 Å². The quantitative estimate of drug-likeness (QED) is 0.264. The molecule has 0 aromatic heterocycles. The van der Waals surface area contributed by atoms with E-state index < -0.39 is 15.6 Å². The second kappa shape index (κ2) is 9.69. The summed E-state index contributed by atoms with van der Waals surface area (Å²) in [5.41, 5.74) is 1.81. The van der Waals surface area contributed by atoms with Gasteiger partial charge in [0.15, 0.2) is 0 Å². The second-order valence-corrected chi connectivity index (χ2v) is 9.21. The van der Waals surface area contributed by atoms with Gasteiger partial charge in [0.05, 0.1) is 0 Å². The molecule has 0 radical (unpaired) electrons. The monoisotopic (exact) mass is 422 g/mol. The maximum Gasteiger partial charge on any atom is 1.00 e. The molecule has 0 saturated carbocycles. The van der Waals surface area contributed by atoms with Crippen molar-refractivity contribution in [2.45, 2.75) is 36.5 Å². The first kappa shape index (κ1) is 29.0. The van der Waals surface area contributed by atoms with Gasteiger partial charge < -0.3 is 37.8 Å². The van der Waals surface area contributed by atoms with Gasteiger partial charge in [-0.3, -0.25) is 0 Å². The van der Waals surface area contributed by atoms with Crippen molar-refractivity contribution in [3.8, 4) is 11.5 Å². The largest absolute Gasteiger partial charge is 1.00 e. The van der Waals surface area contributed by atoms with E-state index in [0.29, 0.717) is 35.1 Å². The first-order valence-corrected chi connectivity index (χ1v) is 11.1. The molecule has 0 amide bonds.